The van der Waals surface area contributed by atoms with Gasteiger partial charge in [0.05, 0.1) is 17.3 Å². The van der Waals surface area contributed by atoms with Crippen molar-refractivity contribution in [3.8, 4) is 11.1 Å². The van der Waals surface area contributed by atoms with Crippen LogP contribution < -0.4 is 0 Å². The summed E-state index contributed by atoms with van der Waals surface area (Å²) in [6.07, 6.45) is -4.34. The van der Waals surface area contributed by atoms with E-state index in [4.69, 9.17) is 0 Å². The minimum Gasteiger partial charge on any atom is -0.173 e. The number of rotatable bonds is 1. The highest BCUT2D eigenvalue weighted by atomic mass is 32.1. The first-order valence-electron chi connectivity index (χ1n) is 5.44. The number of aromatic nitrogens is 2. The average Bonchev–Trinajstić information content (AvgIpc) is 2.86. The van der Waals surface area contributed by atoms with E-state index in [9.17, 15) is 13.2 Å². The summed E-state index contributed by atoms with van der Waals surface area (Å²) in [4.78, 5) is 0. The normalized spacial score (nSPS) is 11.9. The van der Waals surface area contributed by atoms with Gasteiger partial charge in [0, 0.05) is 5.56 Å². The molecule has 0 aliphatic heterocycles. The molecule has 3 rings (SSSR count). The maximum atomic E-state index is 12.7. The standard InChI is InChI=1S/C13H7F3N2S/c14-13(15,16)9-4-1-3-8(7-9)10-5-2-6-11-12(10)18-19-17-11/h1-7H. The van der Waals surface area contributed by atoms with Gasteiger partial charge in [0.25, 0.3) is 0 Å². The summed E-state index contributed by atoms with van der Waals surface area (Å²) in [6, 6.07) is 10.5. The van der Waals surface area contributed by atoms with E-state index in [1.165, 1.54) is 6.07 Å². The van der Waals surface area contributed by atoms with Crippen LogP contribution in [0.15, 0.2) is 42.5 Å². The summed E-state index contributed by atoms with van der Waals surface area (Å²) in [5, 5.41) is 0. The molecule has 0 saturated carbocycles. The quantitative estimate of drug-likeness (QED) is 0.661. The van der Waals surface area contributed by atoms with Crippen LogP contribution in [0.25, 0.3) is 22.2 Å². The first-order valence-corrected chi connectivity index (χ1v) is 6.17. The second-order valence-corrected chi connectivity index (χ2v) is 4.54. The molecule has 0 aliphatic carbocycles. The van der Waals surface area contributed by atoms with Crippen molar-refractivity contribution in [3.05, 3.63) is 48.0 Å². The fourth-order valence-corrected chi connectivity index (χ4v) is 2.45. The highest BCUT2D eigenvalue weighted by Crippen LogP contribution is 2.33. The molecular formula is C13H7F3N2S. The van der Waals surface area contributed by atoms with E-state index in [0.29, 0.717) is 22.2 Å². The third-order valence-electron chi connectivity index (χ3n) is 2.79. The Morgan fingerprint density at radius 2 is 1.74 bits per heavy atom. The zero-order valence-corrected chi connectivity index (χ0v) is 10.3. The zero-order chi connectivity index (χ0) is 13.5. The minimum absolute atomic E-state index is 0.494. The van der Waals surface area contributed by atoms with Gasteiger partial charge in [-0.25, -0.2) is 0 Å². The van der Waals surface area contributed by atoms with Crippen molar-refractivity contribution < 1.29 is 13.2 Å². The van der Waals surface area contributed by atoms with Gasteiger partial charge in [0.15, 0.2) is 0 Å². The molecule has 0 saturated heterocycles. The van der Waals surface area contributed by atoms with Gasteiger partial charge in [-0.1, -0.05) is 24.3 Å². The van der Waals surface area contributed by atoms with Crippen LogP contribution in [0.3, 0.4) is 0 Å². The Balaban J connectivity index is 2.19. The third-order valence-corrected chi connectivity index (χ3v) is 3.33. The first kappa shape index (κ1) is 12.1. The molecule has 19 heavy (non-hydrogen) atoms. The van der Waals surface area contributed by atoms with Gasteiger partial charge in [0.2, 0.25) is 0 Å². The number of fused-ring (bicyclic) bond motifs is 1. The van der Waals surface area contributed by atoms with E-state index in [-0.39, 0.29) is 0 Å². The van der Waals surface area contributed by atoms with Crippen molar-refractivity contribution in [2.45, 2.75) is 6.18 Å². The van der Waals surface area contributed by atoms with Crippen molar-refractivity contribution in [1.29, 1.82) is 0 Å². The maximum Gasteiger partial charge on any atom is 0.416 e. The van der Waals surface area contributed by atoms with Crippen LogP contribution in [0.2, 0.25) is 0 Å². The second kappa shape index (κ2) is 4.31. The second-order valence-electron chi connectivity index (χ2n) is 4.02. The Morgan fingerprint density at radius 3 is 2.53 bits per heavy atom. The highest BCUT2D eigenvalue weighted by Gasteiger charge is 2.30. The smallest absolute Gasteiger partial charge is 0.173 e. The van der Waals surface area contributed by atoms with E-state index in [0.717, 1.165) is 23.9 Å². The third kappa shape index (κ3) is 2.19. The number of hydrogen-bond donors (Lipinski definition) is 0. The summed E-state index contributed by atoms with van der Waals surface area (Å²) in [6.45, 7) is 0. The van der Waals surface area contributed by atoms with E-state index in [1.807, 2.05) is 0 Å². The molecular weight excluding hydrogens is 273 g/mol. The molecule has 2 aromatic carbocycles. The molecule has 0 atom stereocenters. The molecule has 6 heteroatoms. The first-order chi connectivity index (χ1) is 9.05. The van der Waals surface area contributed by atoms with Crippen LogP contribution in [0.4, 0.5) is 13.2 Å². The van der Waals surface area contributed by atoms with Gasteiger partial charge in [0.1, 0.15) is 11.0 Å². The Kier molecular flexibility index (Phi) is 2.74. The zero-order valence-electron chi connectivity index (χ0n) is 9.48. The molecule has 0 aliphatic rings. The van der Waals surface area contributed by atoms with Crippen molar-refractivity contribution in [2.24, 2.45) is 0 Å². The molecule has 0 amide bonds. The average molecular weight is 280 g/mol. The molecule has 1 aromatic heterocycles. The lowest BCUT2D eigenvalue weighted by Gasteiger charge is -2.09. The van der Waals surface area contributed by atoms with Gasteiger partial charge >= 0.3 is 6.18 Å². The topological polar surface area (TPSA) is 25.8 Å². The fourth-order valence-electron chi connectivity index (χ4n) is 1.90. The maximum absolute atomic E-state index is 12.7. The number of alkyl halides is 3. The SMILES string of the molecule is FC(F)(F)c1cccc(-c2cccc3nsnc23)c1. The molecule has 0 fully saturated rings. The Labute approximate surface area is 110 Å². The predicted molar refractivity (Wildman–Crippen MR) is 67.9 cm³/mol. The lowest BCUT2D eigenvalue weighted by molar-refractivity contribution is -0.137. The molecule has 3 aromatic rings. The minimum atomic E-state index is -4.34. The molecule has 0 N–H and O–H groups in total. The molecule has 0 unspecified atom stereocenters. The van der Waals surface area contributed by atoms with Gasteiger partial charge in [-0.15, -0.1) is 0 Å². The van der Waals surface area contributed by atoms with Crippen LogP contribution >= 0.6 is 11.7 Å². The number of hydrogen-bond acceptors (Lipinski definition) is 3. The van der Waals surface area contributed by atoms with E-state index in [2.05, 4.69) is 8.75 Å². The van der Waals surface area contributed by atoms with Gasteiger partial charge in [-0.2, -0.15) is 21.9 Å². The molecule has 96 valence electrons. The molecule has 2 nitrogen and oxygen atoms in total. The van der Waals surface area contributed by atoms with Crippen LogP contribution in [-0.2, 0) is 6.18 Å². The Morgan fingerprint density at radius 1 is 0.947 bits per heavy atom. The van der Waals surface area contributed by atoms with Crippen LogP contribution in [0.5, 0.6) is 0 Å². The van der Waals surface area contributed by atoms with Crippen LogP contribution in [-0.4, -0.2) is 8.75 Å². The van der Waals surface area contributed by atoms with Crippen molar-refractivity contribution in [3.63, 3.8) is 0 Å². The highest BCUT2D eigenvalue weighted by molar-refractivity contribution is 7.00. The largest absolute Gasteiger partial charge is 0.416 e. The predicted octanol–water partition coefficient (Wildman–Crippen LogP) is 4.38. The number of nitrogens with zero attached hydrogens (tertiary/aromatic N) is 2. The Hall–Kier alpha value is -1.95. The summed E-state index contributed by atoms with van der Waals surface area (Å²) in [5.74, 6) is 0. The van der Waals surface area contributed by atoms with Crippen molar-refractivity contribution in [1.82, 2.24) is 8.75 Å². The molecule has 0 spiro atoms. The lowest BCUT2D eigenvalue weighted by Crippen LogP contribution is -2.04. The monoisotopic (exact) mass is 280 g/mol. The number of benzene rings is 2. The molecule has 1 heterocycles. The van der Waals surface area contributed by atoms with Gasteiger partial charge in [-0.3, -0.25) is 0 Å². The lowest BCUT2D eigenvalue weighted by atomic mass is 10.0. The van der Waals surface area contributed by atoms with Crippen LogP contribution in [0, 0.1) is 0 Å². The summed E-state index contributed by atoms with van der Waals surface area (Å²) >= 11 is 1.05. The summed E-state index contributed by atoms with van der Waals surface area (Å²) < 4.78 is 46.4. The van der Waals surface area contributed by atoms with Gasteiger partial charge < -0.3 is 0 Å². The summed E-state index contributed by atoms with van der Waals surface area (Å²) in [5.41, 5.74) is 1.82. The van der Waals surface area contributed by atoms with Gasteiger partial charge in [-0.05, 0) is 23.8 Å². The summed E-state index contributed by atoms with van der Waals surface area (Å²) in [7, 11) is 0. The number of halogens is 3. The fraction of sp³-hybridized carbons (Fsp3) is 0.0769. The van der Waals surface area contributed by atoms with E-state index in [1.54, 1.807) is 24.3 Å². The van der Waals surface area contributed by atoms with E-state index < -0.39 is 11.7 Å². The Bertz CT molecular complexity index is 734. The molecule has 0 radical (unpaired) electrons. The van der Waals surface area contributed by atoms with Crippen LogP contribution in [0.1, 0.15) is 5.56 Å². The van der Waals surface area contributed by atoms with E-state index >= 15 is 0 Å². The van der Waals surface area contributed by atoms with Crippen molar-refractivity contribution >= 4 is 22.8 Å². The molecule has 0 bridgehead atoms. The van der Waals surface area contributed by atoms with Crippen molar-refractivity contribution in [2.75, 3.05) is 0 Å².